The van der Waals surface area contributed by atoms with Crippen LogP contribution in [0.25, 0.3) is 10.9 Å². The molecule has 0 amide bonds. The number of benzene rings is 2. The Bertz CT molecular complexity index is 1550. The van der Waals surface area contributed by atoms with E-state index in [0.717, 1.165) is 33.3 Å². The summed E-state index contributed by atoms with van der Waals surface area (Å²) in [6, 6.07) is 9.00. The lowest BCUT2D eigenvalue weighted by Gasteiger charge is -2.55. The Labute approximate surface area is 251 Å². The van der Waals surface area contributed by atoms with E-state index in [1.807, 2.05) is 45.9 Å². The van der Waals surface area contributed by atoms with Gasteiger partial charge in [-0.2, -0.15) is 0 Å². The van der Waals surface area contributed by atoms with E-state index in [2.05, 4.69) is 10.2 Å². The largest absolute Gasteiger partial charge is 0.496 e. The molecule has 3 aromatic rings. The first-order valence-corrected chi connectivity index (χ1v) is 14.6. The quantitative estimate of drug-likeness (QED) is 0.298. The molecule has 1 N–H and O–H groups in total. The zero-order chi connectivity index (χ0) is 31.3. The van der Waals surface area contributed by atoms with Gasteiger partial charge in [0.1, 0.15) is 11.4 Å². The SMILES string of the molecule is CNc1cc(C(=O)OC)ccc1[C@@H]1CC2(CCN1Cc1c(OC)cc(C)c3c1ccn3C(=O)OC(C)(C)C)CC(F)(F)C2. The van der Waals surface area contributed by atoms with Crippen LogP contribution in [0.4, 0.5) is 19.3 Å². The molecule has 0 radical (unpaired) electrons. The number of esters is 1. The van der Waals surface area contributed by atoms with Gasteiger partial charge in [0.15, 0.2) is 0 Å². The second-order valence-corrected chi connectivity index (χ2v) is 13.0. The van der Waals surface area contributed by atoms with Crippen LogP contribution in [0.15, 0.2) is 36.5 Å². The van der Waals surface area contributed by atoms with Gasteiger partial charge >= 0.3 is 12.1 Å². The summed E-state index contributed by atoms with van der Waals surface area (Å²) in [5.74, 6) is -2.39. The number of fused-ring (bicyclic) bond motifs is 1. The van der Waals surface area contributed by atoms with Crippen LogP contribution in [0.3, 0.4) is 0 Å². The maximum atomic E-state index is 14.2. The number of anilines is 1. The van der Waals surface area contributed by atoms with Crippen LogP contribution < -0.4 is 10.1 Å². The molecule has 1 saturated carbocycles. The van der Waals surface area contributed by atoms with Crippen LogP contribution in [-0.4, -0.2) is 60.9 Å². The summed E-state index contributed by atoms with van der Waals surface area (Å²) < 4.78 is 46.4. The molecule has 1 aromatic heterocycles. The average molecular weight is 598 g/mol. The minimum atomic E-state index is -2.63. The number of ether oxygens (including phenoxy) is 3. The van der Waals surface area contributed by atoms with E-state index in [1.165, 1.54) is 11.7 Å². The fourth-order valence-electron chi connectivity index (χ4n) is 6.92. The lowest BCUT2D eigenvalue weighted by atomic mass is 9.59. The minimum absolute atomic E-state index is 0.115. The van der Waals surface area contributed by atoms with Crippen molar-refractivity contribution in [2.75, 3.05) is 33.1 Å². The van der Waals surface area contributed by atoms with Gasteiger partial charge in [-0.3, -0.25) is 9.47 Å². The van der Waals surface area contributed by atoms with Gasteiger partial charge in [0.2, 0.25) is 5.92 Å². The number of rotatable bonds is 6. The van der Waals surface area contributed by atoms with Crippen LogP contribution in [0.5, 0.6) is 5.75 Å². The van der Waals surface area contributed by atoms with Gasteiger partial charge < -0.3 is 19.5 Å². The van der Waals surface area contributed by atoms with Crippen LogP contribution in [-0.2, 0) is 16.0 Å². The Kier molecular flexibility index (Phi) is 7.96. The number of methoxy groups -OCH3 is 2. The number of alkyl halides is 2. The second kappa shape index (κ2) is 11.1. The van der Waals surface area contributed by atoms with E-state index in [0.29, 0.717) is 37.2 Å². The van der Waals surface area contributed by atoms with Crippen molar-refractivity contribution in [3.05, 3.63) is 58.8 Å². The third-order valence-corrected chi connectivity index (χ3v) is 8.77. The molecule has 1 atom stereocenters. The molecule has 0 unspecified atom stereocenters. The first kappa shape index (κ1) is 30.8. The molecule has 232 valence electrons. The second-order valence-electron chi connectivity index (χ2n) is 13.0. The molecule has 8 nitrogen and oxygen atoms in total. The summed E-state index contributed by atoms with van der Waals surface area (Å²) in [6.45, 7) is 8.50. The smallest absolute Gasteiger partial charge is 0.419 e. The zero-order valence-corrected chi connectivity index (χ0v) is 26.0. The number of nitrogens with one attached hydrogen (secondary N) is 1. The molecule has 2 heterocycles. The number of nitrogens with zero attached hydrogens (tertiary/aromatic N) is 2. The highest BCUT2D eigenvalue weighted by Gasteiger charge is 2.58. The third-order valence-electron chi connectivity index (χ3n) is 8.77. The highest BCUT2D eigenvalue weighted by molar-refractivity contribution is 5.95. The summed E-state index contributed by atoms with van der Waals surface area (Å²) in [5.41, 5.74) is 3.51. The number of hydrogen-bond donors (Lipinski definition) is 1. The molecule has 2 fully saturated rings. The molecule has 2 aromatic carbocycles. The number of piperidine rings is 1. The predicted octanol–water partition coefficient (Wildman–Crippen LogP) is 7.32. The average Bonchev–Trinajstić information content (AvgIpc) is 3.39. The number of aryl methyl sites for hydroxylation is 1. The molecule has 5 rings (SSSR count). The molecule has 2 aliphatic rings. The minimum Gasteiger partial charge on any atom is -0.496 e. The number of likely N-dealkylation sites (tertiary alicyclic amines) is 1. The Morgan fingerprint density at radius 1 is 1.12 bits per heavy atom. The topological polar surface area (TPSA) is 82.0 Å². The number of carbonyl (C=O) groups excluding carboxylic acids is 2. The van der Waals surface area contributed by atoms with Crippen LogP contribution in [0.2, 0.25) is 0 Å². The van der Waals surface area contributed by atoms with E-state index in [1.54, 1.807) is 32.5 Å². The van der Waals surface area contributed by atoms with E-state index in [-0.39, 0.29) is 18.9 Å². The standard InChI is InChI=1S/C33H41F2N3O5/c1-20-14-27(41-6)24(22-10-12-38(28(20)22)30(40)43-31(2,3)4)17-37-13-11-32(18-33(34,35)19-32)16-26(37)23-9-8-21(29(39)42-7)15-25(23)36-5/h8-10,12,14-15,26,36H,11,13,16-19H2,1-7H3/t26-/m0/s1. The lowest BCUT2D eigenvalue weighted by Crippen LogP contribution is -2.53. The van der Waals surface area contributed by atoms with Crippen molar-refractivity contribution in [2.24, 2.45) is 5.41 Å². The van der Waals surface area contributed by atoms with Gasteiger partial charge in [-0.25, -0.2) is 18.4 Å². The van der Waals surface area contributed by atoms with Crippen molar-refractivity contribution in [2.45, 2.75) is 77.5 Å². The number of hydrogen-bond acceptors (Lipinski definition) is 7. The highest BCUT2D eigenvalue weighted by Crippen LogP contribution is 2.61. The van der Waals surface area contributed by atoms with Gasteiger partial charge in [-0.15, -0.1) is 0 Å². The van der Waals surface area contributed by atoms with Gasteiger partial charge in [0.25, 0.3) is 0 Å². The molecule has 43 heavy (non-hydrogen) atoms. The zero-order valence-electron chi connectivity index (χ0n) is 26.0. The van der Waals surface area contributed by atoms with Crippen molar-refractivity contribution in [1.82, 2.24) is 9.47 Å². The van der Waals surface area contributed by atoms with E-state index in [4.69, 9.17) is 14.2 Å². The van der Waals surface area contributed by atoms with Crippen molar-refractivity contribution in [3.8, 4) is 5.75 Å². The third kappa shape index (κ3) is 5.94. The predicted molar refractivity (Wildman–Crippen MR) is 161 cm³/mol. The number of aromatic nitrogens is 1. The van der Waals surface area contributed by atoms with Gasteiger partial charge in [0, 0.05) is 55.3 Å². The summed E-state index contributed by atoms with van der Waals surface area (Å²) in [6.07, 6.45) is 2.25. The number of halogens is 2. The highest BCUT2D eigenvalue weighted by atomic mass is 19.3. The van der Waals surface area contributed by atoms with Crippen LogP contribution in [0, 0.1) is 12.3 Å². The maximum absolute atomic E-state index is 14.2. The Balaban J connectivity index is 1.57. The molecule has 1 aliphatic carbocycles. The summed E-state index contributed by atoms with van der Waals surface area (Å²) in [4.78, 5) is 27.7. The van der Waals surface area contributed by atoms with E-state index in [9.17, 15) is 18.4 Å². The Morgan fingerprint density at radius 3 is 2.44 bits per heavy atom. The Morgan fingerprint density at radius 2 is 1.84 bits per heavy atom. The fourth-order valence-corrected chi connectivity index (χ4v) is 6.92. The first-order chi connectivity index (χ1) is 20.2. The molecular weight excluding hydrogens is 556 g/mol. The van der Waals surface area contributed by atoms with Crippen molar-refractivity contribution < 1.29 is 32.6 Å². The monoisotopic (exact) mass is 597 g/mol. The maximum Gasteiger partial charge on any atom is 0.419 e. The normalized spacial score (nSPS) is 19.6. The van der Waals surface area contributed by atoms with Gasteiger partial charge in [-0.1, -0.05) is 6.07 Å². The van der Waals surface area contributed by atoms with Crippen molar-refractivity contribution in [1.29, 1.82) is 0 Å². The molecule has 1 spiro atoms. The van der Waals surface area contributed by atoms with Gasteiger partial charge in [0.05, 0.1) is 25.3 Å². The summed E-state index contributed by atoms with van der Waals surface area (Å²) in [7, 11) is 4.75. The number of carbonyl (C=O) groups is 2. The Hall–Kier alpha value is -3.66. The molecule has 1 aliphatic heterocycles. The summed E-state index contributed by atoms with van der Waals surface area (Å²) in [5, 5.41) is 4.08. The first-order valence-electron chi connectivity index (χ1n) is 14.6. The van der Waals surface area contributed by atoms with Crippen molar-refractivity contribution in [3.63, 3.8) is 0 Å². The fraction of sp³-hybridized carbons (Fsp3) is 0.515. The molecule has 0 bridgehead atoms. The van der Waals surface area contributed by atoms with E-state index < -0.39 is 29.0 Å². The van der Waals surface area contributed by atoms with Crippen molar-refractivity contribution >= 4 is 28.7 Å². The summed E-state index contributed by atoms with van der Waals surface area (Å²) >= 11 is 0. The van der Waals surface area contributed by atoms with E-state index >= 15 is 0 Å². The molecular formula is C33H41F2N3O5. The molecule has 10 heteroatoms. The van der Waals surface area contributed by atoms with Crippen LogP contribution in [0.1, 0.15) is 79.5 Å². The molecule has 1 saturated heterocycles. The van der Waals surface area contributed by atoms with Crippen LogP contribution >= 0.6 is 0 Å². The van der Waals surface area contributed by atoms with Gasteiger partial charge in [-0.05, 0) is 87.9 Å². The lowest BCUT2D eigenvalue weighted by molar-refractivity contribution is -0.186.